The van der Waals surface area contributed by atoms with Gasteiger partial charge in [-0.3, -0.25) is 9.79 Å². The summed E-state index contributed by atoms with van der Waals surface area (Å²) >= 11 is 0. The van der Waals surface area contributed by atoms with E-state index in [1.54, 1.807) is 7.05 Å². The summed E-state index contributed by atoms with van der Waals surface area (Å²) < 4.78 is 0. The lowest BCUT2D eigenvalue weighted by Gasteiger charge is -2.34. The van der Waals surface area contributed by atoms with Crippen molar-refractivity contribution in [3.63, 3.8) is 0 Å². The van der Waals surface area contributed by atoms with Gasteiger partial charge in [-0.1, -0.05) is 34.6 Å². The molecule has 0 radical (unpaired) electrons. The van der Waals surface area contributed by atoms with Gasteiger partial charge in [-0.05, 0) is 18.8 Å². The number of nitrogens with zero attached hydrogens (tertiary/aromatic N) is 2. The molecular formula is C18H38IN5O. The van der Waals surface area contributed by atoms with Crippen LogP contribution in [0.25, 0.3) is 0 Å². The lowest BCUT2D eigenvalue weighted by atomic mass is 9.96. The zero-order valence-electron chi connectivity index (χ0n) is 16.8. The van der Waals surface area contributed by atoms with E-state index in [-0.39, 0.29) is 35.3 Å². The fourth-order valence-electron chi connectivity index (χ4n) is 2.79. The molecule has 148 valence electrons. The molecule has 25 heavy (non-hydrogen) atoms. The molecule has 1 rings (SSSR count). The molecule has 1 amide bonds. The van der Waals surface area contributed by atoms with Crippen molar-refractivity contribution in [1.82, 2.24) is 20.9 Å². The number of carbonyl (C=O) groups excluding carboxylic acids is 1. The quantitative estimate of drug-likeness (QED) is 0.242. The van der Waals surface area contributed by atoms with Crippen LogP contribution in [0.4, 0.5) is 0 Å². The highest BCUT2D eigenvalue weighted by Gasteiger charge is 2.21. The number of piperidine rings is 1. The van der Waals surface area contributed by atoms with E-state index in [4.69, 9.17) is 0 Å². The third-order valence-corrected chi connectivity index (χ3v) is 4.16. The van der Waals surface area contributed by atoms with Gasteiger partial charge in [0.2, 0.25) is 5.91 Å². The summed E-state index contributed by atoms with van der Waals surface area (Å²) in [5, 5.41) is 9.71. The van der Waals surface area contributed by atoms with E-state index in [9.17, 15) is 4.79 Å². The average Bonchev–Trinajstić information content (AvgIpc) is 2.50. The van der Waals surface area contributed by atoms with Gasteiger partial charge in [0.25, 0.3) is 0 Å². The molecular weight excluding hydrogens is 429 g/mol. The van der Waals surface area contributed by atoms with Gasteiger partial charge in [0.15, 0.2) is 5.96 Å². The Balaban J connectivity index is 0.00000576. The maximum Gasteiger partial charge on any atom is 0.225 e. The van der Waals surface area contributed by atoms with Crippen molar-refractivity contribution in [2.75, 3.05) is 39.8 Å². The van der Waals surface area contributed by atoms with E-state index >= 15 is 0 Å². The SMILES string of the molecule is CN=C(NCCNC(=O)C(C)(C)C)NC1CCN(CC(C)C)CC1.I. The highest BCUT2D eigenvalue weighted by atomic mass is 127. The van der Waals surface area contributed by atoms with E-state index in [0.717, 1.165) is 37.8 Å². The predicted octanol–water partition coefficient (Wildman–Crippen LogP) is 2.05. The maximum atomic E-state index is 11.8. The standard InChI is InChI=1S/C18H37N5O.HI/c1-14(2)13-23-11-7-15(8-12-23)22-17(19-6)21-10-9-20-16(24)18(3,4)5;/h14-15H,7-13H2,1-6H3,(H,20,24)(H2,19,21,22);1H. The molecule has 0 bridgehead atoms. The van der Waals surface area contributed by atoms with Crippen molar-refractivity contribution in [2.45, 2.75) is 53.5 Å². The number of guanidine groups is 1. The van der Waals surface area contributed by atoms with Gasteiger partial charge < -0.3 is 20.9 Å². The highest BCUT2D eigenvalue weighted by Crippen LogP contribution is 2.12. The zero-order valence-corrected chi connectivity index (χ0v) is 19.1. The van der Waals surface area contributed by atoms with Crippen molar-refractivity contribution in [2.24, 2.45) is 16.3 Å². The molecule has 3 N–H and O–H groups in total. The number of nitrogens with one attached hydrogen (secondary N) is 3. The van der Waals surface area contributed by atoms with Crippen LogP contribution in [0.5, 0.6) is 0 Å². The third kappa shape index (κ3) is 10.2. The topological polar surface area (TPSA) is 68.8 Å². The molecule has 1 aliphatic heterocycles. The zero-order chi connectivity index (χ0) is 18.2. The minimum Gasteiger partial charge on any atom is -0.355 e. The van der Waals surface area contributed by atoms with E-state index in [0.29, 0.717) is 19.1 Å². The molecule has 0 aromatic carbocycles. The summed E-state index contributed by atoms with van der Waals surface area (Å²) in [5.74, 6) is 1.62. The summed E-state index contributed by atoms with van der Waals surface area (Å²) in [7, 11) is 1.79. The van der Waals surface area contributed by atoms with Crippen molar-refractivity contribution < 1.29 is 4.79 Å². The number of hydrogen-bond donors (Lipinski definition) is 3. The van der Waals surface area contributed by atoms with E-state index in [1.807, 2.05) is 20.8 Å². The number of carbonyl (C=O) groups is 1. The van der Waals surface area contributed by atoms with Gasteiger partial charge in [-0.2, -0.15) is 0 Å². The normalized spacial score (nSPS) is 17.2. The van der Waals surface area contributed by atoms with Crippen LogP contribution in [-0.2, 0) is 4.79 Å². The number of hydrogen-bond acceptors (Lipinski definition) is 3. The Hall–Kier alpha value is -0.570. The molecule has 0 aliphatic carbocycles. The number of halogens is 1. The molecule has 0 aromatic rings. The van der Waals surface area contributed by atoms with Crippen LogP contribution >= 0.6 is 24.0 Å². The summed E-state index contributed by atoms with van der Waals surface area (Å²) in [6, 6.07) is 0.476. The minimum atomic E-state index is -0.343. The molecule has 1 aliphatic rings. The first kappa shape index (κ1) is 24.4. The minimum absolute atomic E-state index is 0. The van der Waals surface area contributed by atoms with Crippen LogP contribution in [0.1, 0.15) is 47.5 Å². The molecule has 0 aromatic heterocycles. The van der Waals surface area contributed by atoms with Crippen molar-refractivity contribution in [3.8, 4) is 0 Å². The summed E-state index contributed by atoms with van der Waals surface area (Å²) in [4.78, 5) is 18.6. The molecule has 1 heterocycles. The lowest BCUT2D eigenvalue weighted by molar-refractivity contribution is -0.128. The number of likely N-dealkylation sites (tertiary alicyclic amines) is 1. The Kier molecular flexibility index (Phi) is 11.7. The fraction of sp³-hybridized carbons (Fsp3) is 0.889. The van der Waals surface area contributed by atoms with Crippen LogP contribution in [0.2, 0.25) is 0 Å². The largest absolute Gasteiger partial charge is 0.355 e. The summed E-state index contributed by atoms with van der Waals surface area (Å²) in [5.41, 5.74) is -0.343. The first-order valence-corrected chi connectivity index (χ1v) is 9.20. The van der Waals surface area contributed by atoms with Gasteiger partial charge >= 0.3 is 0 Å². The summed E-state index contributed by atoms with van der Waals surface area (Å²) in [6.07, 6.45) is 2.29. The first-order chi connectivity index (χ1) is 11.2. The Morgan fingerprint density at radius 3 is 2.20 bits per heavy atom. The van der Waals surface area contributed by atoms with Crippen LogP contribution in [0.15, 0.2) is 4.99 Å². The van der Waals surface area contributed by atoms with E-state index in [1.165, 1.54) is 6.54 Å². The monoisotopic (exact) mass is 467 g/mol. The predicted molar refractivity (Wildman–Crippen MR) is 117 cm³/mol. The number of rotatable bonds is 6. The number of aliphatic imine (C=N–C) groups is 1. The van der Waals surface area contributed by atoms with Crippen LogP contribution in [0.3, 0.4) is 0 Å². The smallest absolute Gasteiger partial charge is 0.225 e. The Morgan fingerprint density at radius 1 is 1.16 bits per heavy atom. The number of amides is 1. The van der Waals surface area contributed by atoms with Crippen molar-refractivity contribution >= 4 is 35.8 Å². The molecule has 7 heteroatoms. The molecule has 0 saturated carbocycles. The second-order valence-corrected chi connectivity index (χ2v) is 8.12. The first-order valence-electron chi connectivity index (χ1n) is 9.20. The Morgan fingerprint density at radius 2 is 1.72 bits per heavy atom. The van der Waals surface area contributed by atoms with Gasteiger partial charge in [0, 0.05) is 51.2 Å². The highest BCUT2D eigenvalue weighted by molar-refractivity contribution is 14.0. The van der Waals surface area contributed by atoms with Gasteiger partial charge in [-0.15, -0.1) is 24.0 Å². The van der Waals surface area contributed by atoms with Crippen molar-refractivity contribution in [3.05, 3.63) is 0 Å². The van der Waals surface area contributed by atoms with E-state index in [2.05, 4.69) is 39.7 Å². The molecule has 6 nitrogen and oxygen atoms in total. The Bertz CT molecular complexity index is 412. The Labute approximate surface area is 171 Å². The molecule has 0 spiro atoms. The maximum absolute atomic E-state index is 11.8. The van der Waals surface area contributed by atoms with Gasteiger partial charge in [0.05, 0.1) is 0 Å². The van der Waals surface area contributed by atoms with Gasteiger partial charge in [-0.25, -0.2) is 0 Å². The van der Waals surface area contributed by atoms with Crippen LogP contribution in [0, 0.1) is 11.3 Å². The van der Waals surface area contributed by atoms with Crippen molar-refractivity contribution in [1.29, 1.82) is 0 Å². The van der Waals surface area contributed by atoms with Crippen LogP contribution in [-0.4, -0.2) is 62.6 Å². The second kappa shape index (κ2) is 11.9. The second-order valence-electron chi connectivity index (χ2n) is 8.12. The van der Waals surface area contributed by atoms with Gasteiger partial charge in [0.1, 0.15) is 0 Å². The average molecular weight is 467 g/mol. The third-order valence-electron chi connectivity index (χ3n) is 4.16. The summed E-state index contributed by atoms with van der Waals surface area (Å²) in [6.45, 7) is 15.1. The van der Waals surface area contributed by atoms with Crippen LogP contribution < -0.4 is 16.0 Å². The molecule has 0 unspecified atom stereocenters. The fourth-order valence-corrected chi connectivity index (χ4v) is 2.79. The molecule has 0 atom stereocenters. The molecule has 1 saturated heterocycles. The lowest BCUT2D eigenvalue weighted by Crippen LogP contribution is -2.50. The molecule has 1 fully saturated rings. The van der Waals surface area contributed by atoms with E-state index < -0.39 is 0 Å².